The summed E-state index contributed by atoms with van der Waals surface area (Å²) in [7, 11) is 1.92. The fourth-order valence-corrected chi connectivity index (χ4v) is 1.95. The van der Waals surface area contributed by atoms with Gasteiger partial charge in [-0.25, -0.2) is 4.98 Å². The van der Waals surface area contributed by atoms with E-state index < -0.39 is 0 Å². The second-order valence-corrected chi connectivity index (χ2v) is 4.84. The normalized spacial score (nSPS) is 10.5. The number of aromatic nitrogens is 1. The number of benzene rings is 1. The smallest absolute Gasteiger partial charge is 0.214 e. The molecule has 0 aliphatic rings. The quantitative estimate of drug-likeness (QED) is 0.909. The predicted molar refractivity (Wildman–Crippen MR) is 77.5 cm³/mol. The SMILES string of the molecule is CNCc1cc(C)nc(OCc2ccc(Cl)cc2)c1. The van der Waals surface area contributed by atoms with Gasteiger partial charge in [-0.2, -0.15) is 0 Å². The Kier molecular flexibility index (Phi) is 4.77. The molecule has 4 heteroatoms. The van der Waals surface area contributed by atoms with Crippen molar-refractivity contribution in [3.8, 4) is 5.88 Å². The zero-order valence-electron chi connectivity index (χ0n) is 11.1. The lowest BCUT2D eigenvalue weighted by Crippen LogP contribution is -2.06. The van der Waals surface area contributed by atoms with Crippen molar-refractivity contribution in [3.05, 3.63) is 58.2 Å². The highest BCUT2D eigenvalue weighted by atomic mass is 35.5. The number of aryl methyl sites for hydroxylation is 1. The van der Waals surface area contributed by atoms with Gasteiger partial charge in [-0.1, -0.05) is 23.7 Å². The van der Waals surface area contributed by atoms with Gasteiger partial charge in [0.05, 0.1) is 0 Å². The molecular weight excluding hydrogens is 260 g/mol. The van der Waals surface area contributed by atoms with Gasteiger partial charge < -0.3 is 10.1 Å². The van der Waals surface area contributed by atoms with Crippen LogP contribution in [0.3, 0.4) is 0 Å². The van der Waals surface area contributed by atoms with Gasteiger partial charge in [-0.15, -0.1) is 0 Å². The monoisotopic (exact) mass is 276 g/mol. The summed E-state index contributed by atoms with van der Waals surface area (Å²) in [6.07, 6.45) is 0. The van der Waals surface area contributed by atoms with E-state index in [9.17, 15) is 0 Å². The molecule has 0 radical (unpaired) electrons. The lowest BCUT2D eigenvalue weighted by Gasteiger charge is -2.09. The largest absolute Gasteiger partial charge is 0.473 e. The Morgan fingerprint density at radius 3 is 2.58 bits per heavy atom. The summed E-state index contributed by atoms with van der Waals surface area (Å²) in [6.45, 7) is 3.27. The Hall–Kier alpha value is -1.58. The van der Waals surface area contributed by atoms with Crippen LogP contribution in [0.2, 0.25) is 5.02 Å². The Morgan fingerprint density at radius 1 is 1.16 bits per heavy atom. The summed E-state index contributed by atoms with van der Waals surface area (Å²) >= 11 is 5.85. The van der Waals surface area contributed by atoms with Gasteiger partial charge in [-0.05, 0) is 43.3 Å². The number of nitrogens with zero attached hydrogens (tertiary/aromatic N) is 1. The summed E-state index contributed by atoms with van der Waals surface area (Å²) in [5.74, 6) is 0.653. The highest BCUT2D eigenvalue weighted by molar-refractivity contribution is 6.30. The molecule has 2 aromatic rings. The van der Waals surface area contributed by atoms with E-state index in [0.29, 0.717) is 12.5 Å². The lowest BCUT2D eigenvalue weighted by molar-refractivity contribution is 0.293. The van der Waals surface area contributed by atoms with Gasteiger partial charge in [-0.3, -0.25) is 0 Å². The topological polar surface area (TPSA) is 34.2 Å². The third-order valence-electron chi connectivity index (χ3n) is 2.67. The van der Waals surface area contributed by atoms with Crippen LogP contribution in [0.1, 0.15) is 16.8 Å². The fourth-order valence-electron chi connectivity index (χ4n) is 1.82. The summed E-state index contributed by atoms with van der Waals surface area (Å²) < 4.78 is 5.72. The van der Waals surface area contributed by atoms with E-state index in [2.05, 4.69) is 10.3 Å². The third kappa shape index (κ3) is 4.23. The molecule has 0 amide bonds. The number of hydrogen-bond acceptors (Lipinski definition) is 3. The van der Waals surface area contributed by atoms with E-state index in [1.54, 1.807) is 0 Å². The number of nitrogens with one attached hydrogen (secondary N) is 1. The van der Waals surface area contributed by atoms with E-state index in [-0.39, 0.29) is 0 Å². The Labute approximate surface area is 118 Å². The van der Waals surface area contributed by atoms with E-state index in [4.69, 9.17) is 16.3 Å². The molecular formula is C15H17ClN2O. The maximum atomic E-state index is 5.85. The van der Waals surface area contributed by atoms with Crippen LogP contribution in [0.5, 0.6) is 5.88 Å². The first-order chi connectivity index (χ1) is 9.17. The molecule has 0 spiro atoms. The summed E-state index contributed by atoms with van der Waals surface area (Å²) in [5, 5.41) is 3.85. The van der Waals surface area contributed by atoms with Gasteiger partial charge in [0.15, 0.2) is 0 Å². The van der Waals surface area contributed by atoms with Gasteiger partial charge in [0.1, 0.15) is 6.61 Å². The minimum absolute atomic E-state index is 0.493. The van der Waals surface area contributed by atoms with Crippen molar-refractivity contribution in [2.75, 3.05) is 7.05 Å². The van der Waals surface area contributed by atoms with Crippen LogP contribution < -0.4 is 10.1 Å². The van der Waals surface area contributed by atoms with Crippen LogP contribution in [0.15, 0.2) is 36.4 Å². The van der Waals surface area contributed by atoms with Crippen molar-refractivity contribution in [2.24, 2.45) is 0 Å². The number of halogens is 1. The second kappa shape index (κ2) is 6.55. The molecule has 0 aliphatic carbocycles. The predicted octanol–water partition coefficient (Wildman–Crippen LogP) is 3.34. The summed E-state index contributed by atoms with van der Waals surface area (Å²) in [4.78, 5) is 4.37. The molecule has 2 rings (SSSR count). The number of pyridine rings is 1. The maximum absolute atomic E-state index is 5.85. The van der Waals surface area contributed by atoms with Crippen molar-refractivity contribution in [2.45, 2.75) is 20.1 Å². The van der Waals surface area contributed by atoms with Gasteiger partial charge in [0.2, 0.25) is 5.88 Å². The first kappa shape index (κ1) is 13.8. The molecule has 100 valence electrons. The fraction of sp³-hybridized carbons (Fsp3) is 0.267. The third-order valence-corrected chi connectivity index (χ3v) is 2.92. The number of rotatable bonds is 5. The summed E-state index contributed by atoms with van der Waals surface area (Å²) in [5.41, 5.74) is 3.20. The van der Waals surface area contributed by atoms with E-state index >= 15 is 0 Å². The van der Waals surface area contributed by atoms with Crippen LogP contribution >= 0.6 is 11.6 Å². The Balaban J connectivity index is 2.04. The van der Waals surface area contributed by atoms with E-state index in [1.807, 2.05) is 50.4 Å². The molecule has 1 N–H and O–H groups in total. The molecule has 1 heterocycles. The first-order valence-electron chi connectivity index (χ1n) is 6.17. The molecule has 0 fully saturated rings. The highest BCUT2D eigenvalue weighted by Crippen LogP contribution is 2.15. The molecule has 3 nitrogen and oxygen atoms in total. The van der Waals surface area contributed by atoms with Crippen molar-refractivity contribution >= 4 is 11.6 Å². The molecule has 0 saturated carbocycles. The average Bonchev–Trinajstić information content (AvgIpc) is 2.38. The minimum Gasteiger partial charge on any atom is -0.473 e. The lowest BCUT2D eigenvalue weighted by atomic mass is 10.2. The minimum atomic E-state index is 0.493. The van der Waals surface area contributed by atoms with Gasteiger partial charge in [0, 0.05) is 23.3 Å². The number of ether oxygens (including phenoxy) is 1. The van der Waals surface area contributed by atoms with E-state index in [1.165, 1.54) is 5.56 Å². The molecule has 19 heavy (non-hydrogen) atoms. The molecule has 0 unspecified atom stereocenters. The average molecular weight is 277 g/mol. The van der Waals surface area contributed by atoms with Crippen molar-refractivity contribution in [1.82, 2.24) is 10.3 Å². The highest BCUT2D eigenvalue weighted by Gasteiger charge is 2.02. The van der Waals surface area contributed by atoms with Crippen molar-refractivity contribution < 1.29 is 4.74 Å². The summed E-state index contributed by atoms with van der Waals surface area (Å²) in [6, 6.07) is 11.6. The van der Waals surface area contributed by atoms with Crippen molar-refractivity contribution in [1.29, 1.82) is 0 Å². The first-order valence-corrected chi connectivity index (χ1v) is 6.54. The van der Waals surface area contributed by atoms with Crippen molar-refractivity contribution in [3.63, 3.8) is 0 Å². The zero-order valence-corrected chi connectivity index (χ0v) is 11.9. The molecule has 0 bridgehead atoms. The van der Waals surface area contributed by atoms with Gasteiger partial charge >= 0.3 is 0 Å². The molecule has 0 saturated heterocycles. The molecule has 1 aromatic heterocycles. The van der Waals surface area contributed by atoms with Crippen LogP contribution in [0, 0.1) is 6.92 Å². The molecule has 0 atom stereocenters. The van der Waals surface area contributed by atoms with Crippen LogP contribution in [-0.4, -0.2) is 12.0 Å². The number of hydrogen-bond donors (Lipinski definition) is 1. The zero-order chi connectivity index (χ0) is 13.7. The van der Waals surface area contributed by atoms with E-state index in [0.717, 1.165) is 22.8 Å². The van der Waals surface area contributed by atoms with Crippen LogP contribution in [0.4, 0.5) is 0 Å². The molecule has 0 aliphatic heterocycles. The second-order valence-electron chi connectivity index (χ2n) is 4.40. The van der Waals surface area contributed by atoms with Crippen LogP contribution in [-0.2, 0) is 13.2 Å². The Morgan fingerprint density at radius 2 is 1.89 bits per heavy atom. The van der Waals surface area contributed by atoms with Crippen LogP contribution in [0.25, 0.3) is 0 Å². The Bertz CT molecular complexity index is 540. The van der Waals surface area contributed by atoms with Gasteiger partial charge in [0.25, 0.3) is 0 Å². The maximum Gasteiger partial charge on any atom is 0.214 e. The standard InChI is InChI=1S/C15H17ClN2O/c1-11-7-13(9-17-2)8-15(18-11)19-10-12-3-5-14(16)6-4-12/h3-8,17H,9-10H2,1-2H3. The molecule has 1 aromatic carbocycles.